The van der Waals surface area contributed by atoms with Crippen molar-refractivity contribution >= 4 is 0 Å². The number of nitrogens with one attached hydrogen (secondary N) is 1. The fourth-order valence-electron chi connectivity index (χ4n) is 4.26. The fourth-order valence-corrected chi connectivity index (χ4v) is 4.26. The number of hydrogen-bond acceptors (Lipinski definition) is 4. The number of halogens is 6. The average molecular weight is 526 g/mol. The zero-order chi connectivity index (χ0) is 26.6. The predicted octanol–water partition coefficient (Wildman–Crippen LogP) is 5.30. The van der Waals surface area contributed by atoms with Crippen molar-refractivity contribution in [3.8, 4) is 16.9 Å². The van der Waals surface area contributed by atoms with Crippen LogP contribution >= 0.6 is 0 Å². The number of rotatable bonds is 8. The Morgan fingerprint density at radius 2 is 1.38 bits per heavy atom. The first kappa shape index (κ1) is 27.2. The van der Waals surface area contributed by atoms with Crippen LogP contribution in [-0.2, 0) is 18.9 Å². The first-order valence-electron chi connectivity index (χ1n) is 12.1. The van der Waals surface area contributed by atoms with E-state index < -0.39 is 23.5 Å². The summed E-state index contributed by atoms with van der Waals surface area (Å²) in [5.41, 5.74) is 0.588. The summed E-state index contributed by atoms with van der Waals surface area (Å²) in [5, 5.41) is 7.89. The van der Waals surface area contributed by atoms with Gasteiger partial charge in [-0.25, -0.2) is 4.68 Å². The molecule has 3 aromatic rings. The van der Waals surface area contributed by atoms with E-state index in [1.165, 1.54) is 28.9 Å². The van der Waals surface area contributed by atoms with E-state index in [1.807, 2.05) is 0 Å². The zero-order valence-corrected chi connectivity index (χ0v) is 20.4. The summed E-state index contributed by atoms with van der Waals surface area (Å²) in [4.78, 5) is 4.71. The van der Waals surface area contributed by atoms with Gasteiger partial charge in [0, 0.05) is 50.0 Å². The molecule has 5 nitrogen and oxygen atoms in total. The number of piperazine rings is 1. The SMILES string of the molecule is CN1CCN(CCCNCc2cn(-c3ccc(C(F)(F)F)cc3)nc2-c2ccc(C(F)(F)F)cc2)CC1. The van der Waals surface area contributed by atoms with Crippen LogP contribution < -0.4 is 5.32 Å². The van der Waals surface area contributed by atoms with Gasteiger partial charge in [0.25, 0.3) is 0 Å². The van der Waals surface area contributed by atoms with Crippen LogP contribution in [0.5, 0.6) is 0 Å². The Morgan fingerprint density at radius 1 is 0.811 bits per heavy atom. The highest BCUT2D eigenvalue weighted by atomic mass is 19.4. The molecule has 1 fully saturated rings. The number of nitrogens with zero attached hydrogens (tertiary/aromatic N) is 4. The standard InChI is InChI=1S/C26H29F6N5/c1-35-13-15-36(16-14-35)12-2-11-33-17-20-18-37(23-9-7-22(8-10-23)26(30,31)32)34-24(20)19-3-5-21(6-4-19)25(27,28)29/h3-10,18,33H,2,11-17H2,1H3. The molecule has 0 saturated carbocycles. The van der Waals surface area contributed by atoms with Crippen molar-refractivity contribution in [2.24, 2.45) is 0 Å². The number of hydrogen-bond donors (Lipinski definition) is 1. The molecular formula is C26H29F6N5. The van der Waals surface area contributed by atoms with Gasteiger partial charge in [-0.15, -0.1) is 0 Å². The van der Waals surface area contributed by atoms with Gasteiger partial charge in [-0.1, -0.05) is 12.1 Å². The summed E-state index contributed by atoms with van der Waals surface area (Å²) in [6.07, 6.45) is -6.27. The first-order valence-corrected chi connectivity index (χ1v) is 12.1. The Labute approximate surface area is 211 Å². The van der Waals surface area contributed by atoms with Crippen molar-refractivity contribution in [2.45, 2.75) is 25.3 Å². The first-order chi connectivity index (χ1) is 17.5. The molecule has 0 unspecified atom stereocenters. The van der Waals surface area contributed by atoms with Gasteiger partial charge in [-0.2, -0.15) is 31.4 Å². The minimum atomic E-state index is -4.45. The number of aromatic nitrogens is 2. The van der Waals surface area contributed by atoms with Gasteiger partial charge in [0.05, 0.1) is 22.5 Å². The Bertz CT molecular complexity index is 1140. The molecule has 0 bridgehead atoms. The molecule has 11 heteroatoms. The molecule has 0 radical (unpaired) electrons. The third-order valence-electron chi connectivity index (χ3n) is 6.47. The molecule has 2 heterocycles. The van der Waals surface area contributed by atoms with E-state index in [-0.39, 0.29) is 0 Å². The van der Waals surface area contributed by atoms with Gasteiger partial charge in [0.2, 0.25) is 0 Å². The van der Waals surface area contributed by atoms with Crippen molar-refractivity contribution in [3.63, 3.8) is 0 Å². The second-order valence-corrected chi connectivity index (χ2v) is 9.24. The second-order valence-electron chi connectivity index (χ2n) is 9.24. The third kappa shape index (κ3) is 7.12. The molecule has 1 saturated heterocycles. The van der Waals surface area contributed by atoms with E-state index in [4.69, 9.17) is 0 Å². The maximum absolute atomic E-state index is 13.0. The van der Waals surface area contributed by atoms with E-state index in [1.54, 1.807) is 6.20 Å². The number of benzene rings is 2. The maximum atomic E-state index is 13.0. The van der Waals surface area contributed by atoms with Gasteiger partial charge in [0.15, 0.2) is 0 Å². The van der Waals surface area contributed by atoms with Crippen LogP contribution in [0.4, 0.5) is 26.3 Å². The topological polar surface area (TPSA) is 36.3 Å². The van der Waals surface area contributed by atoms with E-state index in [2.05, 4.69) is 27.3 Å². The van der Waals surface area contributed by atoms with Crippen LogP contribution in [0.25, 0.3) is 16.9 Å². The van der Waals surface area contributed by atoms with Crippen LogP contribution in [0, 0.1) is 0 Å². The van der Waals surface area contributed by atoms with Gasteiger partial charge < -0.3 is 15.1 Å². The smallest absolute Gasteiger partial charge is 0.312 e. The Balaban J connectivity index is 1.49. The van der Waals surface area contributed by atoms with E-state index in [0.717, 1.165) is 75.5 Å². The van der Waals surface area contributed by atoms with Crippen LogP contribution in [0.2, 0.25) is 0 Å². The highest BCUT2D eigenvalue weighted by Crippen LogP contribution is 2.32. The highest BCUT2D eigenvalue weighted by Gasteiger charge is 2.31. The molecule has 4 rings (SSSR count). The van der Waals surface area contributed by atoms with E-state index in [0.29, 0.717) is 23.5 Å². The van der Waals surface area contributed by atoms with Gasteiger partial charge in [-0.05, 0) is 63.0 Å². The van der Waals surface area contributed by atoms with Gasteiger partial charge >= 0.3 is 12.4 Å². The molecule has 1 aliphatic rings. The van der Waals surface area contributed by atoms with E-state index >= 15 is 0 Å². The van der Waals surface area contributed by atoms with Crippen molar-refractivity contribution in [1.82, 2.24) is 24.9 Å². The molecular weight excluding hydrogens is 496 g/mol. The second kappa shape index (κ2) is 11.2. The minimum absolute atomic E-state index is 0.416. The maximum Gasteiger partial charge on any atom is 0.416 e. The fraction of sp³-hybridized carbons (Fsp3) is 0.423. The molecule has 1 N–H and O–H groups in total. The van der Waals surface area contributed by atoms with Crippen molar-refractivity contribution in [3.05, 3.63) is 71.4 Å². The largest absolute Gasteiger partial charge is 0.416 e. The zero-order valence-electron chi connectivity index (χ0n) is 20.4. The van der Waals surface area contributed by atoms with Crippen LogP contribution in [0.15, 0.2) is 54.7 Å². The number of likely N-dealkylation sites (N-methyl/N-ethyl adjacent to an activating group) is 1. The molecule has 0 amide bonds. The molecule has 37 heavy (non-hydrogen) atoms. The lowest BCUT2D eigenvalue weighted by molar-refractivity contribution is -0.138. The summed E-state index contributed by atoms with van der Waals surface area (Å²) in [6, 6.07) is 9.31. The molecule has 1 aromatic heterocycles. The van der Waals surface area contributed by atoms with E-state index in [9.17, 15) is 26.3 Å². The minimum Gasteiger partial charge on any atom is -0.312 e. The summed E-state index contributed by atoms with van der Waals surface area (Å²) >= 11 is 0. The molecule has 200 valence electrons. The Kier molecular flexibility index (Phi) is 8.25. The monoisotopic (exact) mass is 525 g/mol. The summed E-state index contributed by atoms with van der Waals surface area (Å²) in [7, 11) is 2.11. The quantitative estimate of drug-likeness (QED) is 0.320. The highest BCUT2D eigenvalue weighted by molar-refractivity contribution is 5.63. The van der Waals surface area contributed by atoms with Crippen molar-refractivity contribution < 1.29 is 26.3 Å². The lowest BCUT2D eigenvalue weighted by Gasteiger charge is -2.32. The van der Waals surface area contributed by atoms with Crippen LogP contribution in [-0.4, -0.2) is 65.9 Å². The molecule has 2 aromatic carbocycles. The molecule has 1 aliphatic heterocycles. The summed E-state index contributed by atoms with van der Waals surface area (Å²) < 4.78 is 79.4. The Hall–Kier alpha value is -2.89. The molecule has 0 aliphatic carbocycles. The Morgan fingerprint density at radius 3 is 1.95 bits per heavy atom. The lowest BCUT2D eigenvalue weighted by atomic mass is 10.1. The third-order valence-corrected chi connectivity index (χ3v) is 6.47. The van der Waals surface area contributed by atoms with Crippen molar-refractivity contribution in [1.29, 1.82) is 0 Å². The van der Waals surface area contributed by atoms with Crippen LogP contribution in [0.3, 0.4) is 0 Å². The average Bonchev–Trinajstić information content (AvgIpc) is 3.28. The van der Waals surface area contributed by atoms with Gasteiger partial charge in [-0.3, -0.25) is 0 Å². The van der Waals surface area contributed by atoms with Gasteiger partial charge in [0.1, 0.15) is 0 Å². The predicted molar refractivity (Wildman–Crippen MR) is 129 cm³/mol. The van der Waals surface area contributed by atoms with Crippen molar-refractivity contribution in [2.75, 3.05) is 46.3 Å². The summed E-state index contributed by atoms with van der Waals surface area (Å²) in [5.74, 6) is 0. The molecule has 0 spiro atoms. The summed E-state index contributed by atoms with van der Waals surface area (Å²) in [6.45, 7) is 6.30. The van der Waals surface area contributed by atoms with Crippen LogP contribution in [0.1, 0.15) is 23.1 Å². The number of alkyl halides is 6. The normalized spacial score (nSPS) is 15.9. The lowest BCUT2D eigenvalue weighted by Crippen LogP contribution is -2.45. The molecule has 0 atom stereocenters.